The number of hydrogen-bond acceptors (Lipinski definition) is 3. The normalized spacial score (nSPS) is 11.9. The van der Waals surface area contributed by atoms with E-state index in [4.69, 9.17) is 0 Å². The minimum absolute atomic E-state index is 0.0370. The average molecular weight is 288 g/mol. The van der Waals surface area contributed by atoms with Gasteiger partial charge in [0.25, 0.3) is 5.03 Å². The number of rotatable bonds is 4. The number of benzene rings is 1. The molecule has 1 amide bonds. The molecule has 104 valence electrons. The van der Waals surface area contributed by atoms with Crippen molar-refractivity contribution in [3.05, 3.63) is 65.5 Å². The standard InChI is InChI=1S/C15H16N2O2S/c1-16(2)15(18)14(12-8-4-3-5-9-12)20-13-10-6-7-11-17(13)19/h3-11,14H,1-2H3/t14-/m1/s1. The first kappa shape index (κ1) is 14.4. The monoisotopic (exact) mass is 288 g/mol. The molecule has 0 saturated carbocycles. The van der Waals surface area contributed by atoms with Crippen LogP contribution in [0.1, 0.15) is 10.8 Å². The SMILES string of the molecule is CN(C)C(=O)[C@H](Sc1cccc[n+]1[O-])c1ccccc1. The number of nitrogens with zero attached hydrogens (tertiary/aromatic N) is 2. The van der Waals surface area contributed by atoms with E-state index in [1.54, 1.807) is 37.2 Å². The van der Waals surface area contributed by atoms with Crippen LogP contribution in [0.25, 0.3) is 0 Å². The van der Waals surface area contributed by atoms with Gasteiger partial charge in [-0.05, 0) is 23.4 Å². The molecule has 2 aromatic rings. The van der Waals surface area contributed by atoms with Crippen LogP contribution < -0.4 is 4.73 Å². The molecule has 1 aromatic carbocycles. The van der Waals surface area contributed by atoms with Crippen molar-refractivity contribution >= 4 is 17.7 Å². The van der Waals surface area contributed by atoms with Gasteiger partial charge in [-0.1, -0.05) is 30.3 Å². The summed E-state index contributed by atoms with van der Waals surface area (Å²) in [5, 5.41) is 11.8. The van der Waals surface area contributed by atoms with Crippen molar-refractivity contribution in [1.29, 1.82) is 0 Å². The highest BCUT2D eigenvalue weighted by atomic mass is 32.2. The Bertz CT molecular complexity index is 587. The van der Waals surface area contributed by atoms with E-state index in [2.05, 4.69) is 0 Å². The Labute approximate surface area is 122 Å². The summed E-state index contributed by atoms with van der Waals surface area (Å²) < 4.78 is 0.781. The van der Waals surface area contributed by atoms with Gasteiger partial charge in [0.05, 0.1) is 0 Å². The van der Waals surface area contributed by atoms with E-state index >= 15 is 0 Å². The first-order chi connectivity index (χ1) is 9.59. The Morgan fingerprint density at radius 3 is 2.40 bits per heavy atom. The number of hydrogen-bond donors (Lipinski definition) is 0. The van der Waals surface area contributed by atoms with Crippen molar-refractivity contribution in [1.82, 2.24) is 4.90 Å². The molecule has 0 unspecified atom stereocenters. The summed E-state index contributed by atoms with van der Waals surface area (Å²) in [4.78, 5) is 13.9. The predicted molar refractivity (Wildman–Crippen MR) is 79.1 cm³/mol. The Hall–Kier alpha value is -2.01. The smallest absolute Gasteiger partial charge is 0.252 e. The highest BCUT2D eigenvalue weighted by Gasteiger charge is 2.26. The summed E-state index contributed by atoms with van der Waals surface area (Å²) in [5.41, 5.74) is 0.889. The lowest BCUT2D eigenvalue weighted by Gasteiger charge is -2.19. The molecule has 0 aliphatic carbocycles. The van der Waals surface area contributed by atoms with Crippen LogP contribution in [0.4, 0.5) is 0 Å². The number of carbonyl (C=O) groups is 1. The molecule has 0 spiro atoms. The first-order valence-corrected chi connectivity index (χ1v) is 7.08. The summed E-state index contributed by atoms with van der Waals surface area (Å²) in [5.74, 6) is -0.0370. The van der Waals surface area contributed by atoms with Crippen LogP contribution in [0.3, 0.4) is 0 Å². The molecule has 2 rings (SSSR count). The summed E-state index contributed by atoms with van der Waals surface area (Å²) in [6, 6.07) is 14.7. The molecule has 0 saturated heterocycles. The molecule has 0 aliphatic rings. The Kier molecular flexibility index (Phi) is 4.63. The molecule has 0 bridgehead atoms. The highest BCUT2D eigenvalue weighted by molar-refractivity contribution is 8.00. The minimum Gasteiger partial charge on any atom is -0.618 e. The molecule has 5 heteroatoms. The minimum atomic E-state index is -0.422. The van der Waals surface area contributed by atoms with Crippen molar-refractivity contribution in [3.8, 4) is 0 Å². The van der Waals surface area contributed by atoms with Gasteiger partial charge < -0.3 is 10.1 Å². The fourth-order valence-electron chi connectivity index (χ4n) is 1.75. The van der Waals surface area contributed by atoms with Gasteiger partial charge in [0.2, 0.25) is 5.91 Å². The largest absolute Gasteiger partial charge is 0.618 e. The molecule has 1 heterocycles. The number of aromatic nitrogens is 1. The van der Waals surface area contributed by atoms with Crippen LogP contribution in [0.5, 0.6) is 0 Å². The van der Waals surface area contributed by atoms with Crippen molar-refractivity contribution in [2.45, 2.75) is 10.3 Å². The lowest BCUT2D eigenvalue weighted by atomic mass is 10.1. The maximum absolute atomic E-state index is 12.4. The Morgan fingerprint density at radius 2 is 1.80 bits per heavy atom. The van der Waals surface area contributed by atoms with E-state index in [0.29, 0.717) is 5.03 Å². The van der Waals surface area contributed by atoms with Gasteiger partial charge in [0.1, 0.15) is 5.25 Å². The van der Waals surface area contributed by atoms with E-state index in [1.165, 1.54) is 18.0 Å². The lowest BCUT2D eigenvalue weighted by Crippen LogP contribution is -2.31. The zero-order chi connectivity index (χ0) is 14.5. The van der Waals surface area contributed by atoms with Gasteiger partial charge in [-0.25, -0.2) is 0 Å². The van der Waals surface area contributed by atoms with Crippen LogP contribution in [0.15, 0.2) is 59.8 Å². The van der Waals surface area contributed by atoms with Gasteiger partial charge in [0.15, 0.2) is 6.20 Å². The molecule has 1 aromatic heterocycles. The van der Waals surface area contributed by atoms with Gasteiger partial charge in [-0.2, -0.15) is 4.73 Å². The maximum Gasteiger partial charge on any atom is 0.252 e. The third-order valence-electron chi connectivity index (χ3n) is 2.79. The number of thioether (sulfide) groups is 1. The van der Waals surface area contributed by atoms with E-state index in [0.717, 1.165) is 10.3 Å². The zero-order valence-corrected chi connectivity index (χ0v) is 12.2. The van der Waals surface area contributed by atoms with E-state index in [9.17, 15) is 10.0 Å². The van der Waals surface area contributed by atoms with Crippen LogP contribution >= 0.6 is 11.8 Å². The highest BCUT2D eigenvalue weighted by Crippen LogP contribution is 2.34. The third kappa shape index (κ3) is 3.30. The molecule has 0 N–H and O–H groups in total. The fourth-order valence-corrected chi connectivity index (χ4v) is 2.92. The van der Waals surface area contributed by atoms with E-state index in [-0.39, 0.29) is 5.91 Å². The average Bonchev–Trinajstić information content (AvgIpc) is 2.46. The number of carbonyl (C=O) groups excluding carboxylic acids is 1. The van der Waals surface area contributed by atoms with Gasteiger partial charge in [0, 0.05) is 26.2 Å². The molecule has 0 fully saturated rings. The third-order valence-corrected chi connectivity index (χ3v) is 4.06. The van der Waals surface area contributed by atoms with Gasteiger partial charge >= 0.3 is 0 Å². The molecule has 0 aliphatic heterocycles. The molecule has 1 atom stereocenters. The lowest BCUT2D eigenvalue weighted by molar-refractivity contribution is -0.645. The quantitative estimate of drug-likeness (QED) is 0.492. The fraction of sp³-hybridized carbons (Fsp3) is 0.200. The van der Waals surface area contributed by atoms with Crippen LogP contribution in [-0.4, -0.2) is 24.9 Å². The second-order valence-corrected chi connectivity index (χ2v) is 5.63. The molecule has 20 heavy (non-hydrogen) atoms. The second-order valence-electron chi connectivity index (χ2n) is 4.51. The number of pyridine rings is 1. The maximum atomic E-state index is 12.4. The van der Waals surface area contributed by atoms with Gasteiger partial charge in [-0.15, -0.1) is 0 Å². The second kappa shape index (κ2) is 6.43. The summed E-state index contributed by atoms with van der Waals surface area (Å²) in [7, 11) is 3.43. The summed E-state index contributed by atoms with van der Waals surface area (Å²) in [6.45, 7) is 0. The Balaban J connectivity index is 2.33. The van der Waals surface area contributed by atoms with Crippen LogP contribution in [-0.2, 0) is 4.79 Å². The molecule has 0 radical (unpaired) electrons. The van der Waals surface area contributed by atoms with Gasteiger partial charge in [-0.3, -0.25) is 4.79 Å². The van der Waals surface area contributed by atoms with E-state index in [1.807, 2.05) is 30.3 Å². The van der Waals surface area contributed by atoms with Crippen molar-refractivity contribution in [3.63, 3.8) is 0 Å². The number of amides is 1. The van der Waals surface area contributed by atoms with E-state index < -0.39 is 5.25 Å². The summed E-state index contributed by atoms with van der Waals surface area (Å²) >= 11 is 1.26. The van der Waals surface area contributed by atoms with Crippen LogP contribution in [0, 0.1) is 5.21 Å². The molecule has 4 nitrogen and oxygen atoms in total. The van der Waals surface area contributed by atoms with Crippen LogP contribution in [0.2, 0.25) is 0 Å². The first-order valence-electron chi connectivity index (χ1n) is 6.20. The van der Waals surface area contributed by atoms with Crippen molar-refractivity contribution in [2.24, 2.45) is 0 Å². The zero-order valence-electron chi connectivity index (χ0n) is 11.4. The topological polar surface area (TPSA) is 47.2 Å². The summed E-state index contributed by atoms with van der Waals surface area (Å²) in [6.07, 6.45) is 1.44. The van der Waals surface area contributed by atoms with Crippen molar-refractivity contribution < 1.29 is 9.52 Å². The van der Waals surface area contributed by atoms with Crippen molar-refractivity contribution in [2.75, 3.05) is 14.1 Å². The molecular formula is C15H16N2O2S. The predicted octanol–water partition coefficient (Wildman–Crippen LogP) is 2.24. The number of likely N-dealkylation sites (N-methyl/N-ethyl adjacent to an activating group) is 1. The Morgan fingerprint density at radius 1 is 1.15 bits per heavy atom. The molecular weight excluding hydrogens is 272 g/mol.